The van der Waals surface area contributed by atoms with Crippen LogP contribution in [0.2, 0.25) is 0 Å². The average Bonchev–Trinajstić information content (AvgIpc) is 3.33. The van der Waals surface area contributed by atoms with E-state index in [9.17, 15) is 9.90 Å². The number of ether oxygens (including phenoxy) is 1. The van der Waals surface area contributed by atoms with Crippen LogP contribution >= 0.6 is 0 Å². The molecule has 0 saturated carbocycles. The van der Waals surface area contributed by atoms with Crippen LogP contribution in [0.1, 0.15) is 43.1 Å². The van der Waals surface area contributed by atoms with Crippen LogP contribution in [0.3, 0.4) is 0 Å². The number of carbonyl (C=O) groups is 1. The van der Waals surface area contributed by atoms with Crippen molar-refractivity contribution in [2.45, 2.75) is 45.0 Å². The van der Waals surface area contributed by atoms with Gasteiger partial charge < -0.3 is 19.3 Å². The number of nitrogens with zero attached hydrogens (tertiary/aromatic N) is 6. The summed E-state index contributed by atoms with van der Waals surface area (Å²) < 4.78 is 8.91. The van der Waals surface area contributed by atoms with Crippen LogP contribution in [-0.2, 0) is 24.9 Å². The van der Waals surface area contributed by atoms with Gasteiger partial charge in [0.2, 0.25) is 0 Å². The van der Waals surface area contributed by atoms with Crippen molar-refractivity contribution >= 4 is 6.09 Å². The summed E-state index contributed by atoms with van der Waals surface area (Å²) >= 11 is 0. The number of hydrogen-bond acceptors (Lipinski definition) is 6. The maximum absolute atomic E-state index is 11.9. The van der Waals surface area contributed by atoms with Crippen molar-refractivity contribution in [2.75, 3.05) is 26.2 Å². The van der Waals surface area contributed by atoms with Gasteiger partial charge in [-0.05, 0) is 25.8 Å². The molecule has 0 radical (unpaired) electrons. The number of imidazole rings is 1. The molecule has 0 aromatic carbocycles. The summed E-state index contributed by atoms with van der Waals surface area (Å²) in [5.74, 6) is 0.596. The van der Waals surface area contributed by atoms with Crippen molar-refractivity contribution in [3.63, 3.8) is 0 Å². The maximum atomic E-state index is 11.9. The molecule has 0 unspecified atom stereocenters. The maximum Gasteiger partial charge on any atom is 0.409 e. The predicted molar refractivity (Wildman–Crippen MR) is 102 cm³/mol. The standard InChI is InChI=1S/C19H28N6O3/c1-3-28-19(27)23-7-4-14(5-8-23)24-10-11-25-15(13-24)12-16(21-25)17(26)18-20-6-9-22(18)2/h6,9,12,14,17,26H,3-5,7-8,10-11,13H2,1-2H3/t17-/m1/s1. The Morgan fingerprint density at radius 2 is 2.11 bits per heavy atom. The first-order chi connectivity index (χ1) is 13.6. The Hall–Kier alpha value is -2.39. The first-order valence-corrected chi connectivity index (χ1v) is 9.94. The number of piperidine rings is 1. The van der Waals surface area contributed by atoms with Crippen LogP contribution in [-0.4, -0.2) is 72.6 Å². The number of hydrogen-bond donors (Lipinski definition) is 1. The Morgan fingerprint density at radius 1 is 1.32 bits per heavy atom. The number of likely N-dealkylation sites (tertiary alicyclic amines) is 1. The predicted octanol–water partition coefficient (Wildman–Crippen LogP) is 1.13. The lowest BCUT2D eigenvalue weighted by Gasteiger charge is -2.39. The molecule has 152 valence electrons. The molecule has 9 heteroatoms. The van der Waals surface area contributed by atoms with Gasteiger partial charge in [-0.1, -0.05) is 0 Å². The van der Waals surface area contributed by atoms with E-state index in [1.165, 1.54) is 0 Å². The van der Waals surface area contributed by atoms with E-state index in [1.54, 1.807) is 11.1 Å². The van der Waals surface area contributed by atoms with E-state index in [0.29, 0.717) is 24.2 Å². The highest BCUT2D eigenvalue weighted by molar-refractivity contribution is 5.67. The van der Waals surface area contributed by atoms with Crippen molar-refractivity contribution in [3.8, 4) is 0 Å². The molecule has 9 nitrogen and oxygen atoms in total. The molecule has 1 N–H and O–H groups in total. The first kappa shape index (κ1) is 18.9. The fraction of sp³-hybridized carbons (Fsp3) is 0.632. The van der Waals surface area contributed by atoms with Crippen LogP contribution in [0.15, 0.2) is 18.5 Å². The minimum absolute atomic E-state index is 0.203. The summed E-state index contributed by atoms with van der Waals surface area (Å²) in [4.78, 5) is 20.4. The van der Waals surface area contributed by atoms with Crippen molar-refractivity contribution in [1.82, 2.24) is 29.1 Å². The normalized spacial score (nSPS) is 19.5. The number of aromatic nitrogens is 4. The zero-order chi connectivity index (χ0) is 19.7. The molecule has 2 aliphatic rings. The van der Waals surface area contributed by atoms with Gasteiger partial charge in [-0.15, -0.1) is 0 Å². The molecule has 0 spiro atoms. The van der Waals surface area contributed by atoms with Gasteiger partial charge in [-0.25, -0.2) is 9.78 Å². The molecule has 28 heavy (non-hydrogen) atoms. The molecule has 1 atom stereocenters. The number of aryl methyl sites for hydroxylation is 1. The van der Waals surface area contributed by atoms with Crippen molar-refractivity contribution in [2.24, 2.45) is 7.05 Å². The molecule has 4 rings (SSSR count). The zero-order valence-electron chi connectivity index (χ0n) is 16.5. The molecule has 1 amide bonds. The van der Waals surface area contributed by atoms with Crippen molar-refractivity contribution in [3.05, 3.63) is 35.7 Å². The molecule has 0 aliphatic carbocycles. The average molecular weight is 388 g/mol. The highest BCUT2D eigenvalue weighted by Gasteiger charge is 2.31. The minimum atomic E-state index is -0.820. The summed E-state index contributed by atoms with van der Waals surface area (Å²) in [6.45, 7) is 6.27. The fourth-order valence-corrected chi connectivity index (χ4v) is 4.16. The van der Waals surface area contributed by atoms with Gasteiger partial charge in [0, 0.05) is 51.7 Å². The summed E-state index contributed by atoms with van der Waals surface area (Å²) in [6, 6.07) is 2.44. The van der Waals surface area contributed by atoms with Gasteiger partial charge in [0.25, 0.3) is 0 Å². The molecule has 1 fully saturated rings. The number of carbonyl (C=O) groups excluding carboxylic acids is 1. The minimum Gasteiger partial charge on any atom is -0.450 e. The monoisotopic (exact) mass is 388 g/mol. The van der Waals surface area contributed by atoms with Crippen LogP contribution < -0.4 is 0 Å². The van der Waals surface area contributed by atoms with E-state index in [2.05, 4.69) is 15.0 Å². The number of amides is 1. The Bertz CT molecular complexity index is 824. The van der Waals surface area contributed by atoms with Crippen LogP contribution in [0, 0.1) is 0 Å². The van der Waals surface area contributed by atoms with Crippen LogP contribution in [0.25, 0.3) is 0 Å². The summed E-state index contributed by atoms with van der Waals surface area (Å²) in [6.07, 6.45) is 4.38. The van der Waals surface area contributed by atoms with E-state index in [4.69, 9.17) is 4.74 Å². The van der Waals surface area contributed by atoms with E-state index < -0.39 is 6.10 Å². The molecule has 2 aromatic rings. The van der Waals surface area contributed by atoms with Crippen LogP contribution in [0.5, 0.6) is 0 Å². The largest absolute Gasteiger partial charge is 0.450 e. The Morgan fingerprint density at radius 3 is 2.79 bits per heavy atom. The molecular formula is C19H28N6O3. The fourth-order valence-electron chi connectivity index (χ4n) is 4.16. The second-order valence-electron chi connectivity index (χ2n) is 7.47. The number of aliphatic hydroxyl groups excluding tert-OH is 1. The quantitative estimate of drug-likeness (QED) is 0.845. The van der Waals surface area contributed by atoms with Gasteiger partial charge in [-0.2, -0.15) is 5.10 Å². The number of fused-ring (bicyclic) bond motifs is 1. The van der Waals surface area contributed by atoms with E-state index in [-0.39, 0.29) is 6.09 Å². The first-order valence-electron chi connectivity index (χ1n) is 9.94. The number of rotatable bonds is 4. The molecule has 0 bridgehead atoms. The molecule has 4 heterocycles. The molecular weight excluding hydrogens is 360 g/mol. The summed E-state index contributed by atoms with van der Waals surface area (Å²) in [5.41, 5.74) is 1.76. The zero-order valence-corrected chi connectivity index (χ0v) is 16.5. The summed E-state index contributed by atoms with van der Waals surface area (Å²) in [7, 11) is 1.87. The lowest BCUT2D eigenvalue weighted by atomic mass is 10.0. The van der Waals surface area contributed by atoms with Crippen LogP contribution in [0.4, 0.5) is 4.79 Å². The molecule has 1 saturated heterocycles. The molecule has 2 aliphatic heterocycles. The Labute approximate surface area is 164 Å². The van der Waals surface area contributed by atoms with E-state index in [0.717, 1.165) is 51.3 Å². The second kappa shape index (κ2) is 7.92. The highest BCUT2D eigenvalue weighted by atomic mass is 16.6. The van der Waals surface area contributed by atoms with Gasteiger partial charge in [0.15, 0.2) is 6.10 Å². The Kier molecular flexibility index (Phi) is 5.36. The second-order valence-corrected chi connectivity index (χ2v) is 7.47. The topological polar surface area (TPSA) is 88.7 Å². The number of aliphatic hydroxyl groups is 1. The van der Waals surface area contributed by atoms with E-state index in [1.807, 2.05) is 35.5 Å². The van der Waals surface area contributed by atoms with Gasteiger partial charge in [-0.3, -0.25) is 9.58 Å². The van der Waals surface area contributed by atoms with Crippen molar-refractivity contribution in [1.29, 1.82) is 0 Å². The van der Waals surface area contributed by atoms with Gasteiger partial charge in [0.1, 0.15) is 5.82 Å². The van der Waals surface area contributed by atoms with Gasteiger partial charge in [0.05, 0.1) is 24.5 Å². The Balaban J connectivity index is 1.39. The third kappa shape index (κ3) is 3.64. The van der Waals surface area contributed by atoms with E-state index >= 15 is 0 Å². The summed E-state index contributed by atoms with van der Waals surface area (Å²) in [5, 5.41) is 15.2. The lowest BCUT2D eigenvalue weighted by molar-refractivity contribution is 0.0647. The highest BCUT2D eigenvalue weighted by Crippen LogP contribution is 2.25. The SMILES string of the molecule is CCOC(=O)N1CCC(N2CCn3nc([C@@H](O)c4nccn4C)cc3C2)CC1. The smallest absolute Gasteiger partial charge is 0.409 e. The van der Waals surface area contributed by atoms with Crippen molar-refractivity contribution < 1.29 is 14.6 Å². The molecule has 2 aromatic heterocycles. The van der Waals surface area contributed by atoms with Gasteiger partial charge >= 0.3 is 6.09 Å². The third-order valence-electron chi connectivity index (χ3n) is 5.74. The third-order valence-corrected chi connectivity index (χ3v) is 5.74. The lowest BCUT2D eigenvalue weighted by Crippen LogP contribution is -2.48.